The Balaban J connectivity index is 1.57. The Morgan fingerprint density at radius 1 is 1.19 bits per heavy atom. The van der Waals surface area contributed by atoms with Crippen molar-refractivity contribution in [1.29, 1.82) is 0 Å². The fourth-order valence-electron chi connectivity index (χ4n) is 3.77. The van der Waals surface area contributed by atoms with Crippen molar-refractivity contribution in [3.63, 3.8) is 0 Å². The first-order valence-corrected chi connectivity index (χ1v) is 11.3. The zero-order valence-electron chi connectivity index (χ0n) is 17.9. The Morgan fingerprint density at radius 3 is 2.55 bits per heavy atom. The molecule has 0 bridgehead atoms. The molecule has 0 aliphatic carbocycles. The number of pyridine rings is 1. The molecular formula is C24H28N4O2S. The molecule has 7 heteroatoms. The van der Waals surface area contributed by atoms with Gasteiger partial charge in [-0.25, -0.2) is 4.98 Å². The van der Waals surface area contributed by atoms with Crippen molar-refractivity contribution >= 4 is 28.1 Å². The maximum Gasteiger partial charge on any atom is 0.251 e. The molecule has 0 saturated carbocycles. The molecule has 0 spiro atoms. The summed E-state index contributed by atoms with van der Waals surface area (Å²) in [5, 5.41) is 14.1. The van der Waals surface area contributed by atoms with E-state index in [2.05, 4.69) is 10.2 Å². The quantitative estimate of drug-likeness (QED) is 0.508. The van der Waals surface area contributed by atoms with Gasteiger partial charge >= 0.3 is 0 Å². The number of carbonyl (C=O) groups excluding carboxylic acids is 1. The van der Waals surface area contributed by atoms with Gasteiger partial charge in [-0.05, 0) is 69.1 Å². The van der Waals surface area contributed by atoms with E-state index in [0.29, 0.717) is 16.4 Å². The molecule has 2 aromatic heterocycles. The minimum Gasteiger partial charge on any atom is -0.386 e. The van der Waals surface area contributed by atoms with Gasteiger partial charge in [-0.15, -0.1) is 11.3 Å². The Hall–Kier alpha value is -2.74. The first-order chi connectivity index (χ1) is 14.8. The average Bonchev–Trinajstić information content (AvgIpc) is 3.38. The van der Waals surface area contributed by atoms with Crippen LogP contribution in [0.15, 0.2) is 48.5 Å². The second-order valence-corrected chi connectivity index (χ2v) is 9.53. The third-order valence-electron chi connectivity index (χ3n) is 5.51. The molecule has 3 heterocycles. The van der Waals surface area contributed by atoms with E-state index in [0.717, 1.165) is 41.3 Å². The van der Waals surface area contributed by atoms with Crippen LogP contribution in [-0.4, -0.2) is 34.0 Å². The van der Waals surface area contributed by atoms with Gasteiger partial charge in [0.25, 0.3) is 5.91 Å². The monoisotopic (exact) mass is 436 g/mol. The molecule has 0 unspecified atom stereocenters. The van der Waals surface area contributed by atoms with E-state index < -0.39 is 11.5 Å². The van der Waals surface area contributed by atoms with E-state index in [1.54, 1.807) is 13.8 Å². The largest absolute Gasteiger partial charge is 0.386 e. The van der Waals surface area contributed by atoms with E-state index in [1.807, 2.05) is 48.5 Å². The summed E-state index contributed by atoms with van der Waals surface area (Å²) in [6.07, 6.45) is 2.49. The number of likely N-dealkylation sites (tertiary alicyclic amines) is 1. The molecule has 162 valence electrons. The highest BCUT2D eigenvalue weighted by atomic mass is 32.1. The van der Waals surface area contributed by atoms with Gasteiger partial charge in [0.2, 0.25) is 0 Å². The number of thiophene rings is 1. The van der Waals surface area contributed by atoms with Gasteiger partial charge in [-0.1, -0.05) is 30.3 Å². The highest BCUT2D eigenvalue weighted by molar-refractivity contribution is 7.19. The van der Waals surface area contributed by atoms with Gasteiger partial charge in [0.1, 0.15) is 10.8 Å². The van der Waals surface area contributed by atoms with Crippen LogP contribution in [0.3, 0.4) is 0 Å². The molecule has 0 atom stereocenters. The molecule has 4 rings (SSSR count). The minimum absolute atomic E-state index is 0.443. The van der Waals surface area contributed by atoms with Crippen molar-refractivity contribution in [3.8, 4) is 10.4 Å². The Bertz CT molecular complexity index is 1060. The number of aliphatic hydroxyl groups is 1. The van der Waals surface area contributed by atoms with Crippen molar-refractivity contribution in [1.82, 2.24) is 9.88 Å². The summed E-state index contributed by atoms with van der Waals surface area (Å²) in [4.78, 5) is 20.1. The first kappa shape index (κ1) is 21.5. The summed E-state index contributed by atoms with van der Waals surface area (Å²) < 4.78 is 0. The number of benzene rings is 1. The maximum absolute atomic E-state index is 12.1. The molecule has 1 aromatic carbocycles. The smallest absolute Gasteiger partial charge is 0.251 e. The molecule has 1 saturated heterocycles. The van der Waals surface area contributed by atoms with Crippen molar-refractivity contribution < 1.29 is 9.90 Å². The normalized spacial score (nSPS) is 14.7. The van der Waals surface area contributed by atoms with Crippen LogP contribution in [0.25, 0.3) is 10.4 Å². The van der Waals surface area contributed by atoms with Gasteiger partial charge in [0.15, 0.2) is 0 Å². The van der Waals surface area contributed by atoms with Gasteiger partial charge in [-0.2, -0.15) is 0 Å². The second kappa shape index (κ2) is 8.78. The van der Waals surface area contributed by atoms with Gasteiger partial charge in [-0.3, -0.25) is 9.69 Å². The van der Waals surface area contributed by atoms with Crippen LogP contribution in [0.5, 0.6) is 0 Å². The number of rotatable bonds is 7. The van der Waals surface area contributed by atoms with Crippen molar-refractivity contribution in [2.75, 3.05) is 18.4 Å². The number of nitrogens with one attached hydrogen (secondary N) is 1. The summed E-state index contributed by atoms with van der Waals surface area (Å²) >= 11 is 1.46. The van der Waals surface area contributed by atoms with Gasteiger partial charge in [0.05, 0.1) is 16.9 Å². The van der Waals surface area contributed by atoms with Crippen LogP contribution in [0.1, 0.15) is 48.3 Å². The lowest BCUT2D eigenvalue weighted by Gasteiger charge is -2.17. The predicted molar refractivity (Wildman–Crippen MR) is 126 cm³/mol. The maximum atomic E-state index is 12.1. The zero-order chi connectivity index (χ0) is 22.0. The van der Waals surface area contributed by atoms with Crippen LogP contribution >= 0.6 is 11.3 Å². The lowest BCUT2D eigenvalue weighted by Crippen LogP contribution is -2.19. The van der Waals surface area contributed by atoms with Crippen molar-refractivity contribution in [3.05, 3.63) is 65.4 Å². The predicted octanol–water partition coefficient (Wildman–Crippen LogP) is 4.48. The Morgan fingerprint density at radius 2 is 1.90 bits per heavy atom. The molecular weight excluding hydrogens is 408 g/mol. The molecule has 3 aromatic rings. The Labute approximate surface area is 186 Å². The second-order valence-electron chi connectivity index (χ2n) is 8.48. The molecule has 1 aliphatic rings. The number of hydrogen-bond donors (Lipinski definition) is 3. The Kier molecular flexibility index (Phi) is 6.09. The SMILES string of the molecule is CC(C)(O)c1ccc(-c2cc(C(N)=O)c(Nc3cccc(CN4CCCC4)n3)s2)cc1. The lowest BCUT2D eigenvalue weighted by molar-refractivity contribution is 0.0786. The highest BCUT2D eigenvalue weighted by Gasteiger charge is 2.18. The van der Waals surface area contributed by atoms with Crippen LogP contribution in [0.2, 0.25) is 0 Å². The first-order valence-electron chi connectivity index (χ1n) is 10.5. The summed E-state index contributed by atoms with van der Waals surface area (Å²) in [6, 6.07) is 15.4. The average molecular weight is 437 g/mol. The number of aromatic nitrogens is 1. The third kappa shape index (κ3) is 5.12. The zero-order valence-corrected chi connectivity index (χ0v) is 18.7. The molecule has 1 fully saturated rings. The van der Waals surface area contributed by atoms with E-state index in [9.17, 15) is 9.90 Å². The summed E-state index contributed by atoms with van der Waals surface area (Å²) in [7, 11) is 0. The molecule has 1 aliphatic heterocycles. The van der Waals surface area contributed by atoms with Gasteiger partial charge < -0.3 is 16.2 Å². The number of hydrogen-bond acceptors (Lipinski definition) is 6. The molecule has 1 amide bonds. The topological polar surface area (TPSA) is 91.5 Å². The van der Waals surface area contributed by atoms with Crippen LogP contribution in [-0.2, 0) is 12.1 Å². The number of nitrogens with two attached hydrogens (primary N) is 1. The van der Waals surface area contributed by atoms with Crippen LogP contribution in [0, 0.1) is 0 Å². The van der Waals surface area contributed by atoms with Crippen molar-refractivity contribution in [2.24, 2.45) is 5.73 Å². The highest BCUT2D eigenvalue weighted by Crippen LogP contribution is 2.37. The van der Waals surface area contributed by atoms with Crippen LogP contribution in [0.4, 0.5) is 10.8 Å². The van der Waals surface area contributed by atoms with Crippen molar-refractivity contribution in [2.45, 2.75) is 38.8 Å². The van der Waals surface area contributed by atoms with Crippen LogP contribution < -0.4 is 11.1 Å². The number of amides is 1. The summed E-state index contributed by atoms with van der Waals surface area (Å²) in [6.45, 7) is 6.58. The van der Waals surface area contributed by atoms with E-state index in [1.165, 1.54) is 24.2 Å². The number of anilines is 2. The number of carbonyl (C=O) groups is 1. The summed E-state index contributed by atoms with van der Waals surface area (Å²) in [5.41, 5.74) is 7.99. The molecule has 4 N–H and O–H groups in total. The minimum atomic E-state index is -0.898. The van der Waals surface area contributed by atoms with E-state index in [-0.39, 0.29) is 0 Å². The molecule has 0 radical (unpaired) electrons. The fourth-order valence-corrected chi connectivity index (χ4v) is 4.85. The third-order valence-corrected chi connectivity index (χ3v) is 6.61. The standard InChI is InChI=1S/C24H28N4O2S/c1-24(2,30)17-10-8-16(9-11-17)20-14-19(22(25)29)23(31-20)27-21-7-5-6-18(26-21)15-28-12-3-4-13-28/h5-11,14,30H,3-4,12-13,15H2,1-2H3,(H2,25,29)(H,26,27). The summed E-state index contributed by atoms with van der Waals surface area (Å²) in [5.74, 6) is 0.219. The van der Waals surface area contributed by atoms with Gasteiger partial charge in [0, 0.05) is 11.4 Å². The number of nitrogens with zero attached hydrogens (tertiary/aromatic N) is 2. The molecule has 6 nitrogen and oxygen atoms in total. The van der Waals surface area contributed by atoms with E-state index >= 15 is 0 Å². The lowest BCUT2D eigenvalue weighted by atomic mass is 9.97. The van der Waals surface area contributed by atoms with E-state index in [4.69, 9.17) is 10.7 Å². The number of primary amides is 1. The molecule has 31 heavy (non-hydrogen) atoms. The fraction of sp³-hybridized carbons (Fsp3) is 0.333.